The molecule has 0 bridgehead atoms. The molecular formula is C26H26F3N3O3. The number of aromatic nitrogens is 2. The van der Waals surface area contributed by atoms with Gasteiger partial charge in [-0.25, -0.2) is 4.63 Å². The first-order chi connectivity index (χ1) is 16.8. The lowest BCUT2D eigenvalue weighted by molar-refractivity contribution is -0.254. The van der Waals surface area contributed by atoms with Gasteiger partial charge in [-0.15, -0.1) is 0 Å². The molecule has 9 heteroatoms. The molecule has 2 aromatic carbocycles. The van der Waals surface area contributed by atoms with Gasteiger partial charge in [0.25, 0.3) is 0 Å². The van der Waals surface area contributed by atoms with Gasteiger partial charge in [0.1, 0.15) is 11.6 Å². The summed E-state index contributed by atoms with van der Waals surface area (Å²) in [5.74, 6) is 2.80. The van der Waals surface area contributed by atoms with Crippen molar-refractivity contribution in [3.05, 3.63) is 42.0 Å². The smallest absolute Gasteiger partial charge is 0.418 e. The van der Waals surface area contributed by atoms with E-state index in [1.54, 1.807) is 25.1 Å². The molecule has 1 aliphatic heterocycles. The SMILES string of the molecule is CC1(OC(c2cccc(-c3cc(N4CCCC4C#CO)c4nonc4c3)c2)C(F)(F)F)CCCC1. The van der Waals surface area contributed by atoms with E-state index in [0.29, 0.717) is 41.5 Å². The average molecular weight is 486 g/mol. The maximum absolute atomic E-state index is 14.1. The molecule has 0 amide bonds. The van der Waals surface area contributed by atoms with Gasteiger partial charge in [0.2, 0.25) is 0 Å². The van der Waals surface area contributed by atoms with Crippen molar-refractivity contribution in [2.45, 2.75) is 69.4 Å². The van der Waals surface area contributed by atoms with Crippen LogP contribution < -0.4 is 4.90 Å². The van der Waals surface area contributed by atoms with Crippen LogP contribution in [0.25, 0.3) is 22.2 Å². The van der Waals surface area contributed by atoms with Crippen LogP contribution in [0.2, 0.25) is 0 Å². The van der Waals surface area contributed by atoms with Crippen LogP contribution in [0.1, 0.15) is 57.1 Å². The number of nitrogens with zero attached hydrogens (tertiary/aromatic N) is 3. The van der Waals surface area contributed by atoms with Crippen molar-refractivity contribution in [2.75, 3.05) is 11.4 Å². The molecule has 1 aliphatic carbocycles. The molecular weight excluding hydrogens is 459 g/mol. The van der Waals surface area contributed by atoms with E-state index in [4.69, 9.17) is 14.5 Å². The highest BCUT2D eigenvalue weighted by Crippen LogP contribution is 2.44. The average Bonchev–Trinajstić information content (AvgIpc) is 3.58. The third-order valence-electron chi connectivity index (χ3n) is 7.02. The number of fused-ring (bicyclic) bond motifs is 1. The summed E-state index contributed by atoms with van der Waals surface area (Å²) in [6, 6.07) is 9.79. The Labute approximate surface area is 201 Å². The molecule has 2 aliphatic rings. The van der Waals surface area contributed by atoms with E-state index < -0.39 is 17.9 Å². The summed E-state index contributed by atoms with van der Waals surface area (Å²) in [6.45, 7) is 2.47. The fourth-order valence-electron chi connectivity index (χ4n) is 5.27. The summed E-state index contributed by atoms with van der Waals surface area (Å²) in [4.78, 5) is 2.02. The molecule has 2 atom stereocenters. The molecule has 1 N–H and O–H groups in total. The Morgan fingerprint density at radius 3 is 2.69 bits per heavy atom. The van der Waals surface area contributed by atoms with Gasteiger partial charge in [-0.1, -0.05) is 31.0 Å². The first kappa shape index (κ1) is 23.5. The lowest BCUT2D eigenvalue weighted by Crippen LogP contribution is -2.34. The molecule has 1 saturated heterocycles. The Kier molecular flexibility index (Phi) is 6.09. The molecule has 3 aromatic rings. The summed E-state index contributed by atoms with van der Waals surface area (Å²) >= 11 is 0. The molecule has 1 aromatic heterocycles. The van der Waals surface area contributed by atoms with Crippen molar-refractivity contribution < 1.29 is 27.6 Å². The van der Waals surface area contributed by atoms with Crippen LogP contribution in [0.15, 0.2) is 41.0 Å². The minimum atomic E-state index is -4.54. The number of hydrogen-bond acceptors (Lipinski definition) is 6. The predicted molar refractivity (Wildman–Crippen MR) is 124 cm³/mol. The molecule has 5 rings (SSSR count). The third-order valence-corrected chi connectivity index (χ3v) is 7.02. The Hall–Kier alpha value is -3.25. The summed E-state index contributed by atoms with van der Waals surface area (Å²) in [6.07, 6.45) is 0.0805. The van der Waals surface area contributed by atoms with Crippen molar-refractivity contribution in [1.82, 2.24) is 10.3 Å². The van der Waals surface area contributed by atoms with Crippen molar-refractivity contribution >= 4 is 16.7 Å². The van der Waals surface area contributed by atoms with E-state index in [1.165, 1.54) is 12.1 Å². The molecule has 6 nitrogen and oxygen atoms in total. The van der Waals surface area contributed by atoms with Crippen LogP contribution in [0.5, 0.6) is 0 Å². The first-order valence-electron chi connectivity index (χ1n) is 11.8. The van der Waals surface area contributed by atoms with Gasteiger partial charge in [-0.2, -0.15) is 13.2 Å². The number of rotatable bonds is 5. The molecule has 2 fully saturated rings. The third kappa shape index (κ3) is 4.67. The number of aliphatic hydroxyl groups is 1. The highest BCUT2D eigenvalue weighted by Gasteiger charge is 2.46. The van der Waals surface area contributed by atoms with E-state index in [0.717, 1.165) is 31.4 Å². The number of benzene rings is 2. The van der Waals surface area contributed by atoms with Crippen LogP contribution in [-0.4, -0.2) is 39.8 Å². The quantitative estimate of drug-likeness (QED) is 0.438. The van der Waals surface area contributed by atoms with E-state index in [9.17, 15) is 13.2 Å². The van der Waals surface area contributed by atoms with Gasteiger partial charge in [0, 0.05) is 6.54 Å². The van der Waals surface area contributed by atoms with Crippen molar-refractivity contribution in [3.63, 3.8) is 0 Å². The van der Waals surface area contributed by atoms with Crippen LogP contribution in [0.4, 0.5) is 18.9 Å². The highest BCUT2D eigenvalue weighted by atomic mass is 19.4. The van der Waals surface area contributed by atoms with E-state index in [1.807, 2.05) is 17.1 Å². The summed E-state index contributed by atoms with van der Waals surface area (Å²) in [5, 5.41) is 17.1. The van der Waals surface area contributed by atoms with Gasteiger partial charge in [-0.05, 0) is 83.7 Å². The predicted octanol–water partition coefficient (Wildman–Crippen LogP) is 6.14. The molecule has 0 radical (unpaired) electrons. The largest absolute Gasteiger partial charge is 0.462 e. The highest BCUT2D eigenvalue weighted by molar-refractivity contribution is 5.93. The fourth-order valence-corrected chi connectivity index (χ4v) is 5.27. The van der Waals surface area contributed by atoms with E-state index in [2.05, 4.69) is 16.2 Å². The second-order valence-electron chi connectivity index (χ2n) is 9.56. The van der Waals surface area contributed by atoms with Crippen LogP contribution in [0, 0.1) is 12.0 Å². The van der Waals surface area contributed by atoms with E-state index in [-0.39, 0.29) is 11.6 Å². The maximum atomic E-state index is 14.1. The second-order valence-corrected chi connectivity index (χ2v) is 9.56. The Morgan fingerprint density at radius 2 is 1.94 bits per heavy atom. The molecule has 35 heavy (non-hydrogen) atoms. The van der Waals surface area contributed by atoms with Gasteiger partial charge in [0.05, 0.1) is 17.3 Å². The standard InChI is InChI=1S/C26H26F3N3O3/c1-25(10-2-3-11-25)34-24(26(27,28)29)18-7-4-6-17(14-18)19-15-21-23(31-35-30-21)22(16-19)32-12-5-8-20(32)9-13-33/h4,6-7,14-16,20,24,33H,2-3,5,8,10-12H2,1H3. The summed E-state index contributed by atoms with van der Waals surface area (Å²) < 4.78 is 53.1. The summed E-state index contributed by atoms with van der Waals surface area (Å²) in [5.41, 5.74) is 2.32. The number of aliphatic hydroxyl groups excluding tert-OH is 1. The molecule has 184 valence electrons. The van der Waals surface area contributed by atoms with Gasteiger partial charge in [0.15, 0.2) is 11.6 Å². The zero-order chi connectivity index (χ0) is 24.6. The molecule has 0 spiro atoms. The zero-order valence-electron chi connectivity index (χ0n) is 19.3. The normalized spacial score (nSPS) is 20.7. The number of anilines is 1. The monoisotopic (exact) mass is 485 g/mol. The minimum Gasteiger partial charge on any atom is -0.462 e. The lowest BCUT2D eigenvalue weighted by Gasteiger charge is -2.32. The molecule has 1 saturated carbocycles. The van der Waals surface area contributed by atoms with Crippen molar-refractivity contribution in [2.24, 2.45) is 0 Å². The number of alkyl halides is 3. The summed E-state index contributed by atoms with van der Waals surface area (Å²) in [7, 11) is 0. The minimum absolute atomic E-state index is 0.0632. The van der Waals surface area contributed by atoms with Crippen molar-refractivity contribution in [3.8, 4) is 23.2 Å². The Morgan fingerprint density at radius 1 is 1.14 bits per heavy atom. The van der Waals surface area contributed by atoms with Gasteiger partial charge < -0.3 is 14.7 Å². The number of halogens is 3. The number of ether oxygens (including phenoxy) is 1. The van der Waals surface area contributed by atoms with Gasteiger partial charge >= 0.3 is 6.18 Å². The second kappa shape index (κ2) is 9.08. The van der Waals surface area contributed by atoms with E-state index >= 15 is 0 Å². The van der Waals surface area contributed by atoms with Crippen LogP contribution in [0.3, 0.4) is 0 Å². The molecule has 2 heterocycles. The van der Waals surface area contributed by atoms with Crippen molar-refractivity contribution in [1.29, 1.82) is 0 Å². The van der Waals surface area contributed by atoms with Crippen LogP contribution in [-0.2, 0) is 4.74 Å². The van der Waals surface area contributed by atoms with Gasteiger partial charge in [-0.3, -0.25) is 0 Å². The lowest BCUT2D eigenvalue weighted by atomic mass is 9.98. The first-order valence-corrected chi connectivity index (χ1v) is 11.8. The zero-order valence-corrected chi connectivity index (χ0v) is 19.3. The molecule has 2 unspecified atom stereocenters. The topological polar surface area (TPSA) is 71.6 Å². The fraction of sp³-hybridized carbons (Fsp3) is 0.462. The Balaban J connectivity index is 1.55. The Bertz CT molecular complexity index is 1270. The van der Waals surface area contributed by atoms with Crippen LogP contribution >= 0.6 is 0 Å². The number of hydrogen-bond donors (Lipinski definition) is 1. The maximum Gasteiger partial charge on any atom is 0.418 e.